The maximum atomic E-state index is 11.3. The quantitative estimate of drug-likeness (QED) is 0.881. The van der Waals surface area contributed by atoms with Crippen molar-refractivity contribution in [3.8, 4) is 17.0 Å². The maximum absolute atomic E-state index is 11.3. The molecule has 4 heteroatoms. The fraction of sp³-hybridized carbons (Fsp3) is 0.286. The van der Waals surface area contributed by atoms with Gasteiger partial charge in [0.2, 0.25) is 0 Å². The van der Waals surface area contributed by atoms with Crippen molar-refractivity contribution in [3.63, 3.8) is 0 Å². The Bertz CT molecular complexity index is 630. The van der Waals surface area contributed by atoms with Gasteiger partial charge >= 0.3 is 0 Å². The molecular weight excluding hydrogens is 228 g/mol. The highest BCUT2D eigenvalue weighted by Gasteiger charge is 2.08. The first-order chi connectivity index (χ1) is 8.49. The Hall–Kier alpha value is -2.10. The average Bonchev–Trinajstić information content (AvgIpc) is 2.32. The van der Waals surface area contributed by atoms with Gasteiger partial charge in [-0.15, -0.1) is 0 Å². The lowest BCUT2D eigenvalue weighted by Gasteiger charge is -2.10. The summed E-state index contributed by atoms with van der Waals surface area (Å²) >= 11 is 0. The standard InChI is InChI=1S/C14H16N2O2/c1-9(2)11-5-4-10(8-13(11)17)12-6-7-14(18)16(3)15-12/h4-9,17H,1-3H3. The van der Waals surface area contributed by atoms with Crippen LogP contribution >= 0.6 is 0 Å². The molecule has 4 nitrogen and oxygen atoms in total. The van der Waals surface area contributed by atoms with E-state index in [-0.39, 0.29) is 17.2 Å². The first kappa shape index (κ1) is 12.4. The SMILES string of the molecule is CC(C)c1ccc(-c2ccc(=O)n(C)n2)cc1O. The normalized spacial score (nSPS) is 10.9. The smallest absolute Gasteiger partial charge is 0.266 e. The molecule has 0 fully saturated rings. The van der Waals surface area contributed by atoms with Crippen molar-refractivity contribution < 1.29 is 5.11 Å². The molecule has 0 spiro atoms. The van der Waals surface area contributed by atoms with Crippen LogP contribution in [0.15, 0.2) is 35.1 Å². The van der Waals surface area contributed by atoms with Gasteiger partial charge in [-0.05, 0) is 23.6 Å². The van der Waals surface area contributed by atoms with E-state index in [4.69, 9.17) is 0 Å². The Labute approximate surface area is 106 Å². The van der Waals surface area contributed by atoms with Crippen LogP contribution < -0.4 is 5.56 Å². The number of phenolic OH excluding ortho intramolecular Hbond substituents is 1. The molecule has 0 aliphatic carbocycles. The zero-order valence-electron chi connectivity index (χ0n) is 10.7. The van der Waals surface area contributed by atoms with E-state index in [0.717, 1.165) is 11.1 Å². The number of aromatic hydroxyl groups is 1. The van der Waals surface area contributed by atoms with E-state index < -0.39 is 0 Å². The summed E-state index contributed by atoms with van der Waals surface area (Å²) in [5.41, 5.74) is 2.22. The van der Waals surface area contributed by atoms with E-state index in [2.05, 4.69) is 5.10 Å². The average molecular weight is 244 g/mol. The highest BCUT2D eigenvalue weighted by Crippen LogP contribution is 2.29. The van der Waals surface area contributed by atoms with Crippen molar-refractivity contribution in [3.05, 3.63) is 46.2 Å². The van der Waals surface area contributed by atoms with Crippen molar-refractivity contribution in [1.29, 1.82) is 0 Å². The summed E-state index contributed by atoms with van der Waals surface area (Å²) in [6.07, 6.45) is 0. The molecule has 1 aromatic heterocycles. The number of hydrogen-bond acceptors (Lipinski definition) is 3. The van der Waals surface area contributed by atoms with Crippen LogP contribution in [0, 0.1) is 0 Å². The Morgan fingerprint density at radius 1 is 1.22 bits per heavy atom. The topological polar surface area (TPSA) is 55.1 Å². The Morgan fingerprint density at radius 3 is 2.50 bits per heavy atom. The predicted molar refractivity (Wildman–Crippen MR) is 70.7 cm³/mol. The molecule has 0 amide bonds. The third-order valence-corrected chi connectivity index (χ3v) is 2.91. The summed E-state index contributed by atoms with van der Waals surface area (Å²) < 4.78 is 1.28. The van der Waals surface area contributed by atoms with Crippen molar-refractivity contribution in [2.24, 2.45) is 7.05 Å². The zero-order chi connectivity index (χ0) is 13.3. The molecule has 1 heterocycles. The van der Waals surface area contributed by atoms with E-state index in [1.807, 2.05) is 26.0 Å². The minimum absolute atomic E-state index is 0.151. The van der Waals surface area contributed by atoms with Gasteiger partial charge in [0, 0.05) is 18.7 Å². The van der Waals surface area contributed by atoms with Gasteiger partial charge < -0.3 is 5.11 Å². The van der Waals surface area contributed by atoms with Crippen molar-refractivity contribution in [1.82, 2.24) is 9.78 Å². The van der Waals surface area contributed by atoms with Gasteiger partial charge in [0.1, 0.15) is 5.75 Å². The van der Waals surface area contributed by atoms with Gasteiger partial charge in [0.05, 0.1) is 5.69 Å². The molecule has 2 aromatic rings. The lowest BCUT2D eigenvalue weighted by atomic mass is 9.99. The Balaban J connectivity index is 2.48. The zero-order valence-corrected chi connectivity index (χ0v) is 10.7. The van der Waals surface area contributed by atoms with Crippen LogP contribution in [0.25, 0.3) is 11.3 Å². The summed E-state index contributed by atoms with van der Waals surface area (Å²) in [4.78, 5) is 11.3. The van der Waals surface area contributed by atoms with E-state index in [1.165, 1.54) is 10.7 Å². The monoisotopic (exact) mass is 244 g/mol. The molecule has 0 aliphatic rings. The highest BCUT2D eigenvalue weighted by atomic mass is 16.3. The maximum Gasteiger partial charge on any atom is 0.266 e. The second kappa shape index (κ2) is 4.64. The molecule has 0 saturated heterocycles. The van der Waals surface area contributed by atoms with Crippen molar-refractivity contribution in [2.75, 3.05) is 0 Å². The van der Waals surface area contributed by atoms with Crippen LogP contribution in [0.3, 0.4) is 0 Å². The number of phenols is 1. The molecule has 0 atom stereocenters. The summed E-state index contributed by atoms with van der Waals surface area (Å²) in [7, 11) is 1.61. The molecular formula is C14H16N2O2. The van der Waals surface area contributed by atoms with E-state index in [0.29, 0.717) is 5.69 Å². The number of aryl methyl sites for hydroxylation is 1. The minimum atomic E-state index is -0.151. The van der Waals surface area contributed by atoms with Gasteiger partial charge in [0.15, 0.2) is 0 Å². The second-order valence-electron chi connectivity index (χ2n) is 4.61. The largest absolute Gasteiger partial charge is 0.508 e. The van der Waals surface area contributed by atoms with Crippen molar-refractivity contribution in [2.45, 2.75) is 19.8 Å². The third-order valence-electron chi connectivity index (χ3n) is 2.91. The molecule has 0 bridgehead atoms. The predicted octanol–water partition coefficient (Wildman–Crippen LogP) is 2.28. The summed E-state index contributed by atoms with van der Waals surface area (Å²) in [6, 6.07) is 8.61. The summed E-state index contributed by atoms with van der Waals surface area (Å²) in [5, 5.41) is 14.1. The molecule has 0 saturated carbocycles. The summed E-state index contributed by atoms with van der Waals surface area (Å²) in [6.45, 7) is 4.05. The summed E-state index contributed by atoms with van der Waals surface area (Å²) in [5.74, 6) is 0.533. The van der Waals surface area contributed by atoms with E-state index in [9.17, 15) is 9.90 Å². The Morgan fingerprint density at radius 2 is 1.94 bits per heavy atom. The van der Waals surface area contributed by atoms with Crippen LogP contribution in [-0.4, -0.2) is 14.9 Å². The van der Waals surface area contributed by atoms with Crippen LogP contribution in [0.4, 0.5) is 0 Å². The molecule has 18 heavy (non-hydrogen) atoms. The third kappa shape index (κ3) is 2.27. The Kier molecular flexibility index (Phi) is 3.19. The molecule has 1 N–H and O–H groups in total. The van der Waals surface area contributed by atoms with Gasteiger partial charge in [-0.3, -0.25) is 4.79 Å². The molecule has 0 aliphatic heterocycles. The fourth-order valence-corrected chi connectivity index (χ4v) is 1.85. The lowest BCUT2D eigenvalue weighted by molar-refractivity contribution is 0.465. The molecule has 0 unspecified atom stereocenters. The fourth-order valence-electron chi connectivity index (χ4n) is 1.85. The number of rotatable bonds is 2. The minimum Gasteiger partial charge on any atom is -0.508 e. The number of aromatic nitrogens is 2. The number of nitrogens with zero attached hydrogens (tertiary/aromatic N) is 2. The van der Waals surface area contributed by atoms with Gasteiger partial charge in [-0.25, -0.2) is 4.68 Å². The lowest BCUT2D eigenvalue weighted by Crippen LogP contribution is -2.18. The van der Waals surface area contributed by atoms with Gasteiger partial charge in [-0.2, -0.15) is 5.10 Å². The van der Waals surface area contributed by atoms with Crippen molar-refractivity contribution >= 4 is 0 Å². The first-order valence-electron chi connectivity index (χ1n) is 5.86. The van der Waals surface area contributed by atoms with Crippen LogP contribution in [0.5, 0.6) is 5.75 Å². The van der Waals surface area contributed by atoms with E-state index >= 15 is 0 Å². The van der Waals surface area contributed by atoms with Crippen LogP contribution in [0.2, 0.25) is 0 Å². The van der Waals surface area contributed by atoms with Gasteiger partial charge in [0.25, 0.3) is 5.56 Å². The van der Waals surface area contributed by atoms with Gasteiger partial charge in [-0.1, -0.05) is 26.0 Å². The number of hydrogen-bond donors (Lipinski definition) is 1. The van der Waals surface area contributed by atoms with Crippen LogP contribution in [0.1, 0.15) is 25.3 Å². The van der Waals surface area contributed by atoms with E-state index in [1.54, 1.807) is 19.2 Å². The highest BCUT2D eigenvalue weighted by molar-refractivity contribution is 5.62. The second-order valence-corrected chi connectivity index (χ2v) is 4.61. The molecule has 2 rings (SSSR count). The molecule has 0 radical (unpaired) electrons. The van der Waals surface area contributed by atoms with Crippen LogP contribution in [-0.2, 0) is 7.05 Å². The molecule has 1 aromatic carbocycles. The first-order valence-corrected chi connectivity index (χ1v) is 5.86. The number of benzene rings is 1. The molecule has 94 valence electrons.